The molecule has 1 aromatic rings. The summed E-state index contributed by atoms with van der Waals surface area (Å²) in [6, 6.07) is 2.86. The van der Waals surface area contributed by atoms with Gasteiger partial charge in [-0.3, -0.25) is 20.3 Å². The maximum absolute atomic E-state index is 12.7. The number of carbonyl (C=O) groups excluding carboxylic acids is 1. The van der Waals surface area contributed by atoms with E-state index < -0.39 is 12.1 Å². The van der Waals surface area contributed by atoms with Crippen LogP contribution in [0, 0.1) is 16.0 Å². The molecule has 1 saturated carbocycles. The van der Waals surface area contributed by atoms with E-state index in [1.54, 1.807) is 6.20 Å². The van der Waals surface area contributed by atoms with Crippen LogP contribution < -0.4 is 21.1 Å². The van der Waals surface area contributed by atoms with Crippen molar-refractivity contribution in [2.45, 2.75) is 50.2 Å². The summed E-state index contributed by atoms with van der Waals surface area (Å²) in [6.45, 7) is 2.05. The van der Waals surface area contributed by atoms with E-state index in [0.29, 0.717) is 24.9 Å². The van der Waals surface area contributed by atoms with E-state index >= 15 is 0 Å². The number of nitrogens with zero attached hydrogens (tertiary/aromatic N) is 3. The zero-order valence-electron chi connectivity index (χ0n) is 14.6. The van der Waals surface area contributed by atoms with E-state index in [0.717, 1.165) is 18.9 Å². The molecule has 4 atom stereocenters. The van der Waals surface area contributed by atoms with E-state index in [1.807, 2.05) is 12.1 Å². The number of anilines is 2. The van der Waals surface area contributed by atoms with Gasteiger partial charge in [0.1, 0.15) is 11.9 Å². The molecule has 9 heteroatoms. The molecule has 0 bridgehead atoms. The van der Waals surface area contributed by atoms with E-state index in [9.17, 15) is 14.9 Å². The zero-order chi connectivity index (χ0) is 18.1. The molecule has 3 N–H and O–H groups in total. The lowest BCUT2D eigenvalue weighted by molar-refractivity contribution is -0.528. The van der Waals surface area contributed by atoms with Crippen LogP contribution in [0.2, 0.25) is 0 Å². The molecule has 26 heavy (non-hydrogen) atoms. The molecule has 0 spiro atoms. The number of nitro groups is 1. The molecule has 3 fully saturated rings. The van der Waals surface area contributed by atoms with Crippen molar-refractivity contribution in [3.63, 3.8) is 0 Å². The largest absolute Gasteiger partial charge is 0.357 e. The van der Waals surface area contributed by atoms with Gasteiger partial charge in [0.2, 0.25) is 11.9 Å². The SMILES string of the molecule is O=C(Nc1ccc(N2CCCC2)nc1)C1NNC2CCC([N+](=O)[O-])CC21. The van der Waals surface area contributed by atoms with Crippen LogP contribution in [0.4, 0.5) is 11.5 Å². The maximum atomic E-state index is 12.7. The minimum absolute atomic E-state index is 0.0732. The van der Waals surface area contributed by atoms with Gasteiger partial charge < -0.3 is 10.2 Å². The fourth-order valence-corrected chi connectivity index (χ4v) is 4.30. The quantitative estimate of drug-likeness (QED) is 0.540. The Morgan fingerprint density at radius 2 is 2.08 bits per heavy atom. The monoisotopic (exact) mass is 360 g/mol. The first-order valence-corrected chi connectivity index (χ1v) is 9.28. The summed E-state index contributed by atoms with van der Waals surface area (Å²) in [5.41, 5.74) is 6.79. The summed E-state index contributed by atoms with van der Waals surface area (Å²) in [5.74, 6) is 0.683. The van der Waals surface area contributed by atoms with Crippen molar-refractivity contribution in [1.29, 1.82) is 0 Å². The molecule has 0 radical (unpaired) electrons. The van der Waals surface area contributed by atoms with Gasteiger partial charge >= 0.3 is 0 Å². The lowest BCUT2D eigenvalue weighted by Crippen LogP contribution is -2.44. The van der Waals surface area contributed by atoms with Gasteiger partial charge in [-0.1, -0.05) is 0 Å². The molecule has 1 amide bonds. The Morgan fingerprint density at radius 3 is 2.77 bits per heavy atom. The number of hydrazine groups is 1. The standard InChI is InChI=1S/C17H24N6O3/c24-17(16-13-9-12(23(25)26)4-5-14(13)20-21-16)19-11-3-6-15(18-10-11)22-7-1-2-8-22/h3,6,10,12-14,16,20-21H,1-2,4-5,7-9H2,(H,19,24). The van der Waals surface area contributed by atoms with Gasteiger partial charge in [-0.25, -0.2) is 10.4 Å². The fraction of sp³-hybridized carbons (Fsp3) is 0.647. The number of hydrogen-bond donors (Lipinski definition) is 3. The van der Waals surface area contributed by atoms with Gasteiger partial charge in [0.15, 0.2) is 0 Å². The van der Waals surface area contributed by atoms with Gasteiger partial charge in [-0.2, -0.15) is 0 Å². The third-order valence-corrected chi connectivity index (χ3v) is 5.75. The molecule has 9 nitrogen and oxygen atoms in total. The number of carbonyl (C=O) groups is 1. The molecule has 2 aliphatic heterocycles. The summed E-state index contributed by atoms with van der Waals surface area (Å²) in [5, 5.41) is 14.0. The molecule has 3 heterocycles. The lowest BCUT2D eigenvalue weighted by Gasteiger charge is -2.28. The highest BCUT2D eigenvalue weighted by atomic mass is 16.6. The Morgan fingerprint density at radius 1 is 1.27 bits per heavy atom. The molecule has 1 aliphatic carbocycles. The molecule has 0 aromatic carbocycles. The Balaban J connectivity index is 1.39. The number of amides is 1. The van der Waals surface area contributed by atoms with Crippen LogP contribution in [0.3, 0.4) is 0 Å². The average molecular weight is 360 g/mol. The van der Waals surface area contributed by atoms with Crippen LogP contribution in [-0.4, -0.2) is 47.0 Å². The summed E-state index contributed by atoms with van der Waals surface area (Å²) in [6.07, 6.45) is 5.73. The van der Waals surface area contributed by atoms with E-state index in [1.165, 1.54) is 12.8 Å². The Hall–Kier alpha value is -2.26. The van der Waals surface area contributed by atoms with Crippen LogP contribution in [0.5, 0.6) is 0 Å². The first kappa shape index (κ1) is 17.2. The van der Waals surface area contributed by atoms with Crippen molar-refractivity contribution < 1.29 is 9.72 Å². The molecular formula is C17H24N6O3. The average Bonchev–Trinajstić information content (AvgIpc) is 3.31. The second-order valence-corrected chi connectivity index (χ2v) is 7.38. The minimum Gasteiger partial charge on any atom is -0.357 e. The highest BCUT2D eigenvalue weighted by Gasteiger charge is 2.46. The van der Waals surface area contributed by atoms with Crippen LogP contribution in [-0.2, 0) is 4.79 Å². The molecule has 4 rings (SSSR count). The molecule has 2 saturated heterocycles. The molecule has 1 aromatic heterocycles. The number of aromatic nitrogens is 1. The number of hydrogen-bond acceptors (Lipinski definition) is 7. The van der Waals surface area contributed by atoms with Crippen LogP contribution in [0.1, 0.15) is 32.1 Å². The lowest BCUT2D eigenvalue weighted by atomic mass is 9.79. The van der Waals surface area contributed by atoms with E-state index in [4.69, 9.17) is 0 Å². The number of fused-ring (bicyclic) bond motifs is 1. The van der Waals surface area contributed by atoms with Crippen molar-refractivity contribution in [2.24, 2.45) is 5.92 Å². The van der Waals surface area contributed by atoms with Crippen LogP contribution >= 0.6 is 0 Å². The minimum atomic E-state index is -0.560. The van der Waals surface area contributed by atoms with Gasteiger partial charge in [0.05, 0.1) is 11.9 Å². The first-order chi connectivity index (χ1) is 12.6. The molecule has 4 unspecified atom stereocenters. The highest BCUT2D eigenvalue weighted by molar-refractivity contribution is 5.95. The fourth-order valence-electron chi connectivity index (χ4n) is 4.30. The normalized spacial score (nSPS) is 30.8. The highest BCUT2D eigenvalue weighted by Crippen LogP contribution is 2.32. The summed E-state index contributed by atoms with van der Waals surface area (Å²) < 4.78 is 0. The predicted octanol–water partition coefficient (Wildman–Crippen LogP) is 0.911. The van der Waals surface area contributed by atoms with Crippen molar-refractivity contribution in [3.8, 4) is 0 Å². The van der Waals surface area contributed by atoms with Crippen LogP contribution in [0.15, 0.2) is 18.3 Å². The Kier molecular flexibility index (Phi) is 4.73. The summed E-state index contributed by atoms with van der Waals surface area (Å²) in [4.78, 5) is 30.2. The van der Waals surface area contributed by atoms with Crippen molar-refractivity contribution >= 4 is 17.4 Å². The van der Waals surface area contributed by atoms with E-state index in [2.05, 4.69) is 26.1 Å². The van der Waals surface area contributed by atoms with Gasteiger partial charge in [0.25, 0.3) is 0 Å². The van der Waals surface area contributed by atoms with E-state index in [-0.39, 0.29) is 22.8 Å². The first-order valence-electron chi connectivity index (χ1n) is 9.28. The molecule has 3 aliphatic rings. The number of nitrogens with one attached hydrogen (secondary N) is 3. The van der Waals surface area contributed by atoms with Crippen molar-refractivity contribution in [1.82, 2.24) is 15.8 Å². The smallest absolute Gasteiger partial charge is 0.243 e. The van der Waals surface area contributed by atoms with Crippen LogP contribution in [0.25, 0.3) is 0 Å². The second kappa shape index (κ2) is 7.16. The van der Waals surface area contributed by atoms with Gasteiger partial charge in [0, 0.05) is 42.8 Å². The third-order valence-electron chi connectivity index (χ3n) is 5.75. The second-order valence-electron chi connectivity index (χ2n) is 7.38. The van der Waals surface area contributed by atoms with Gasteiger partial charge in [-0.15, -0.1) is 0 Å². The zero-order valence-corrected chi connectivity index (χ0v) is 14.6. The van der Waals surface area contributed by atoms with Crippen molar-refractivity contribution in [3.05, 3.63) is 28.4 Å². The third kappa shape index (κ3) is 3.36. The topological polar surface area (TPSA) is 112 Å². The number of pyridine rings is 1. The molecular weight excluding hydrogens is 336 g/mol. The predicted molar refractivity (Wildman–Crippen MR) is 96.3 cm³/mol. The molecule has 140 valence electrons. The Bertz CT molecular complexity index is 676. The summed E-state index contributed by atoms with van der Waals surface area (Å²) in [7, 11) is 0. The Labute approximate surface area is 151 Å². The van der Waals surface area contributed by atoms with Crippen molar-refractivity contribution in [2.75, 3.05) is 23.3 Å². The number of rotatable bonds is 4. The van der Waals surface area contributed by atoms with Gasteiger partial charge in [-0.05, 0) is 31.4 Å². The summed E-state index contributed by atoms with van der Waals surface area (Å²) >= 11 is 0. The maximum Gasteiger partial charge on any atom is 0.243 e.